The summed E-state index contributed by atoms with van der Waals surface area (Å²) in [5, 5.41) is 13.2. The number of rotatable bonds is 3. The summed E-state index contributed by atoms with van der Waals surface area (Å²) in [4.78, 5) is 21.9. The van der Waals surface area contributed by atoms with E-state index in [1.165, 1.54) is 0 Å². The fourth-order valence-corrected chi connectivity index (χ4v) is 1.70. The van der Waals surface area contributed by atoms with Gasteiger partial charge in [-0.1, -0.05) is 12.0 Å². The Labute approximate surface area is 119 Å². The van der Waals surface area contributed by atoms with Crippen molar-refractivity contribution in [1.82, 2.24) is 0 Å². The second-order valence-electron chi connectivity index (χ2n) is 4.13. The SMILES string of the molecule is C#Cc1cccc(NC(=O)c2cc(F)cc([N+](=O)[O-])c2)c1. The average molecular weight is 284 g/mol. The highest BCUT2D eigenvalue weighted by atomic mass is 19.1. The molecule has 2 aromatic carbocycles. The van der Waals surface area contributed by atoms with Crippen molar-refractivity contribution in [3.63, 3.8) is 0 Å². The van der Waals surface area contributed by atoms with Gasteiger partial charge < -0.3 is 5.32 Å². The molecule has 0 atom stereocenters. The first-order valence-electron chi connectivity index (χ1n) is 5.82. The van der Waals surface area contributed by atoms with E-state index in [-0.39, 0.29) is 5.56 Å². The van der Waals surface area contributed by atoms with E-state index in [4.69, 9.17) is 6.42 Å². The maximum atomic E-state index is 13.3. The Morgan fingerprint density at radius 1 is 1.29 bits per heavy atom. The minimum absolute atomic E-state index is 0.146. The van der Waals surface area contributed by atoms with E-state index in [9.17, 15) is 19.3 Å². The van der Waals surface area contributed by atoms with Crippen molar-refractivity contribution in [1.29, 1.82) is 0 Å². The first-order chi connectivity index (χ1) is 9.99. The van der Waals surface area contributed by atoms with Crippen molar-refractivity contribution in [3.8, 4) is 12.3 Å². The zero-order chi connectivity index (χ0) is 15.4. The van der Waals surface area contributed by atoms with Crippen molar-refractivity contribution in [2.24, 2.45) is 0 Å². The molecule has 0 radical (unpaired) electrons. The molecule has 0 saturated heterocycles. The Hall–Kier alpha value is -3.20. The highest BCUT2D eigenvalue weighted by molar-refractivity contribution is 6.04. The Bertz CT molecular complexity index is 766. The molecule has 0 bridgehead atoms. The molecule has 104 valence electrons. The molecule has 0 aliphatic rings. The number of nitrogens with one attached hydrogen (secondary N) is 1. The van der Waals surface area contributed by atoms with Gasteiger partial charge in [0.1, 0.15) is 5.82 Å². The van der Waals surface area contributed by atoms with E-state index in [0.717, 1.165) is 18.2 Å². The maximum absolute atomic E-state index is 13.3. The number of carbonyl (C=O) groups excluding carboxylic acids is 1. The third kappa shape index (κ3) is 3.42. The summed E-state index contributed by atoms with van der Waals surface area (Å²) >= 11 is 0. The molecule has 5 nitrogen and oxygen atoms in total. The number of hydrogen-bond donors (Lipinski definition) is 1. The van der Waals surface area contributed by atoms with E-state index >= 15 is 0 Å². The van der Waals surface area contributed by atoms with Crippen LogP contribution in [0.5, 0.6) is 0 Å². The third-order valence-corrected chi connectivity index (χ3v) is 2.64. The zero-order valence-electron chi connectivity index (χ0n) is 10.7. The summed E-state index contributed by atoms with van der Waals surface area (Å²) < 4.78 is 13.3. The molecule has 1 N–H and O–H groups in total. The number of carbonyl (C=O) groups is 1. The second kappa shape index (κ2) is 5.84. The van der Waals surface area contributed by atoms with Crippen LogP contribution in [0.2, 0.25) is 0 Å². The molecule has 0 spiro atoms. The molecule has 0 aliphatic carbocycles. The van der Waals surface area contributed by atoms with Gasteiger partial charge in [0.15, 0.2) is 0 Å². The van der Waals surface area contributed by atoms with E-state index in [1.807, 2.05) is 0 Å². The van der Waals surface area contributed by atoms with Gasteiger partial charge in [-0.2, -0.15) is 0 Å². The average Bonchev–Trinajstić information content (AvgIpc) is 2.46. The molecule has 0 saturated carbocycles. The number of terminal acetylenes is 1. The van der Waals surface area contributed by atoms with Gasteiger partial charge in [0.05, 0.1) is 11.0 Å². The lowest BCUT2D eigenvalue weighted by atomic mass is 10.1. The van der Waals surface area contributed by atoms with Crippen LogP contribution in [0.15, 0.2) is 42.5 Å². The van der Waals surface area contributed by atoms with Gasteiger partial charge in [-0.25, -0.2) is 4.39 Å². The van der Waals surface area contributed by atoms with Gasteiger partial charge in [0.2, 0.25) is 0 Å². The Morgan fingerprint density at radius 3 is 2.71 bits per heavy atom. The predicted molar refractivity (Wildman–Crippen MR) is 75.4 cm³/mol. The van der Waals surface area contributed by atoms with Gasteiger partial charge in [0, 0.05) is 22.9 Å². The molecular weight excluding hydrogens is 275 g/mol. The molecule has 0 heterocycles. The molecule has 0 aromatic heterocycles. The van der Waals surface area contributed by atoms with Crippen molar-refractivity contribution >= 4 is 17.3 Å². The topological polar surface area (TPSA) is 72.2 Å². The van der Waals surface area contributed by atoms with Crippen LogP contribution in [0, 0.1) is 28.3 Å². The van der Waals surface area contributed by atoms with E-state index in [0.29, 0.717) is 11.3 Å². The minimum atomic E-state index is -0.855. The van der Waals surface area contributed by atoms with Gasteiger partial charge in [-0.3, -0.25) is 14.9 Å². The van der Waals surface area contributed by atoms with Crippen LogP contribution in [0.4, 0.5) is 15.8 Å². The first-order valence-corrected chi connectivity index (χ1v) is 5.82. The quantitative estimate of drug-likeness (QED) is 0.535. The highest BCUT2D eigenvalue weighted by Gasteiger charge is 2.14. The van der Waals surface area contributed by atoms with Gasteiger partial charge in [-0.05, 0) is 24.3 Å². The van der Waals surface area contributed by atoms with Crippen LogP contribution in [0.3, 0.4) is 0 Å². The normalized spacial score (nSPS) is 9.71. The van der Waals surface area contributed by atoms with E-state index in [2.05, 4.69) is 11.2 Å². The molecule has 0 fully saturated rings. The van der Waals surface area contributed by atoms with Gasteiger partial charge >= 0.3 is 0 Å². The summed E-state index contributed by atoms with van der Waals surface area (Å²) in [7, 11) is 0. The second-order valence-corrected chi connectivity index (χ2v) is 4.13. The number of anilines is 1. The van der Waals surface area contributed by atoms with Crippen molar-refractivity contribution in [2.75, 3.05) is 5.32 Å². The summed E-state index contributed by atoms with van der Waals surface area (Å²) in [5.41, 5.74) is 0.353. The van der Waals surface area contributed by atoms with Crippen LogP contribution in [-0.4, -0.2) is 10.8 Å². The fraction of sp³-hybridized carbons (Fsp3) is 0. The number of nitro groups is 1. The Kier molecular flexibility index (Phi) is 3.95. The minimum Gasteiger partial charge on any atom is -0.322 e. The van der Waals surface area contributed by atoms with E-state index in [1.54, 1.807) is 24.3 Å². The van der Waals surface area contributed by atoms with E-state index < -0.39 is 22.3 Å². The molecular formula is C15H9FN2O3. The number of amides is 1. The summed E-state index contributed by atoms with van der Waals surface area (Å²) in [6.07, 6.45) is 5.25. The van der Waals surface area contributed by atoms with Crippen molar-refractivity contribution in [2.45, 2.75) is 0 Å². The predicted octanol–water partition coefficient (Wildman–Crippen LogP) is 2.97. The lowest BCUT2D eigenvalue weighted by Gasteiger charge is -2.06. The molecule has 21 heavy (non-hydrogen) atoms. The number of nitro benzene ring substituents is 1. The molecule has 1 amide bonds. The lowest BCUT2D eigenvalue weighted by Crippen LogP contribution is -2.12. The van der Waals surface area contributed by atoms with Crippen LogP contribution >= 0.6 is 0 Å². The van der Waals surface area contributed by atoms with Crippen molar-refractivity contribution in [3.05, 3.63) is 69.5 Å². The van der Waals surface area contributed by atoms with Crippen LogP contribution < -0.4 is 5.32 Å². The van der Waals surface area contributed by atoms with Crippen LogP contribution in [-0.2, 0) is 0 Å². The molecule has 0 aliphatic heterocycles. The molecule has 2 rings (SSSR count). The largest absolute Gasteiger partial charge is 0.322 e. The molecule has 2 aromatic rings. The number of hydrogen-bond acceptors (Lipinski definition) is 3. The van der Waals surface area contributed by atoms with Crippen LogP contribution in [0.25, 0.3) is 0 Å². The zero-order valence-corrected chi connectivity index (χ0v) is 10.7. The first kappa shape index (κ1) is 14.2. The molecule has 0 unspecified atom stereocenters. The monoisotopic (exact) mass is 284 g/mol. The number of halogens is 1. The number of benzene rings is 2. The molecule has 6 heteroatoms. The summed E-state index contributed by atoms with van der Waals surface area (Å²) in [5.74, 6) is 0.898. The number of nitrogens with zero attached hydrogens (tertiary/aromatic N) is 1. The highest BCUT2D eigenvalue weighted by Crippen LogP contribution is 2.18. The lowest BCUT2D eigenvalue weighted by molar-refractivity contribution is -0.385. The fourth-order valence-electron chi connectivity index (χ4n) is 1.70. The summed E-state index contributed by atoms with van der Waals surface area (Å²) in [6, 6.07) is 9.17. The smallest absolute Gasteiger partial charge is 0.273 e. The van der Waals surface area contributed by atoms with Gasteiger partial charge in [-0.15, -0.1) is 6.42 Å². The Balaban J connectivity index is 2.28. The maximum Gasteiger partial charge on any atom is 0.273 e. The third-order valence-electron chi connectivity index (χ3n) is 2.64. The number of non-ortho nitro benzene ring substituents is 1. The van der Waals surface area contributed by atoms with Crippen molar-refractivity contribution < 1.29 is 14.1 Å². The van der Waals surface area contributed by atoms with Gasteiger partial charge in [0.25, 0.3) is 11.6 Å². The Morgan fingerprint density at radius 2 is 2.05 bits per heavy atom. The van der Waals surface area contributed by atoms with Crippen LogP contribution in [0.1, 0.15) is 15.9 Å². The standard InChI is InChI=1S/C15H9FN2O3/c1-2-10-4-3-5-13(6-10)17-15(19)11-7-12(16)9-14(8-11)18(20)21/h1,3-9H,(H,17,19). The summed E-state index contributed by atoms with van der Waals surface area (Å²) in [6.45, 7) is 0.